The molecular weight excluding hydrogens is 288 g/mol. The molecule has 0 saturated heterocycles. The monoisotopic (exact) mass is 308 g/mol. The number of hydrogen-bond acceptors (Lipinski definition) is 4. The first-order valence-electron chi connectivity index (χ1n) is 7.18. The number of nitrogens with two attached hydrogens (primary N) is 1. The van der Waals surface area contributed by atoms with Crippen LogP contribution in [-0.4, -0.2) is 34.1 Å². The molecule has 0 aromatic heterocycles. The van der Waals surface area contributed by atoms with Gasteiger partial charge in [0.15, 0.2) is 0 Å². The zero-order chi connectivity index (χ0) is 17.1. The SMILES string of the molecule is CN(C)c1cccc2c(/C=C(\C#N)C(N)=O)ccc(N(C)C)c12. The van der Waals surface area contributed by atoms with E-state index >= 15 is 0 Å². The maximum Gasteiger partial charge on any atom is 0.259 e. The normalized spacial score (nSPS) is 11.2. The number of amides is 1. The van der Waals surface area contributed by atoms with Crippen LogP contribution in [0.5, 0.6) is 0 Å². The molecule has 0 aliphatic rings. The van der Waals surface area contributed by atoms with Gasteiger partial charge in [-0.15, -0.1) is 0 Å². The third-order valence-electron chi connectivity index (χ3n) is 3.68. The molecule has 5 heteroatoms. The quantitative estimate of drug-likeness (QED) is 0.695. The highest BCUT2D eigenvalue weighted by molar-refractivity contribution is 6.09. The molecule has 23 heavy (non-hydrogen) atoms. The molecule has 118 valence electrons. The Morgan fingerprint density at radius 3 is 2.22 bits per heavy atom. The predicted molar refractivity (Wildman–Crippen MR) is 95.4 cm³/mol. The van der Waals surface area contributed by atoms with Crippen molar-refractivity contribution in [1.29, 1.82) is 5.26 Å². The minimum atomic E-state index is -0.721. The van der Waals surface area contributed by atoms with Crippen LogP contribution in [0.25, 0.3) is 16.8 Å². The highest BCUT2D eigenvalue weighted by Gasteiger charge is 2.13. The van der Waals surface area contributed by atoms with Crippen LogP contribution in [0.2, 0.25) is 0 Å². The summed E-state index contributed by atoms with van der Waals surface area (Å²) in [5.74, 6) is -0.721. The van der Waals surface area contributed by atoms with Gasteiger partial charge in [0.2, 0.25) is 0 Å². The maximum absolute atomic E-state index is 11.3. The lowest BCUT2D eigenvalue weighted by molar-refractivity contribution is -0.114. The van der Waals surface area contributed by atoms with E-state index in [1.807, 2.05) is 74.4 Å². The second-order valence-electron chi connectivity index (χ2n) is 5.70. The number of nitrogens with zero attached hydrogens (tertiary/aromatic N) is 3. The number of anilines is 2. The summed E-state index contributed by atoms with van der Waals surface area (Å²) < 4.78 is 0. The standard InChI is InChI=1S/C18H20N4O/c1-21(2)15-7-5-6-14-12(10-13(11-19)18(20)23)8-9-16(17(14)15)22(3)4/h5-10H,1-4H3,(H2,20,23)/b13-10+. The first kappa shape index (κ1) is 16.4. The van der Waals surface area contributed by atoms with Gasteiger partial charge in [-0.1, -0.05) is 18.2 Å². The fourth-order valence-corrected chi connectivity index (χ4v) is 2.58. The molecule has 2 aromatic rings. The molecule has 0 fully saturated rings. The largest absolute Gasteiger partial charge is 0.377 e. The lowest BCUT2D eigenvalue weighted by Crippen LogP contribution is -2.14. The zero-order valence-corrected chi connectivity index (χ0v) is 13.8. The number of rotatable bonds is 4. The number of carbonyl (C=O) groups is 1. The van der Waals surface area contributed by atoms with Crippen molar-refractivity contribution in [3.8, 4) is 6.07 Å². The molecule has 0 aliphatic carbocycles. The van der Waals surface area contributed by atoms with Crippen molar-refractivity contribution in [2.45, 2.75) is 0 Å². The number of carbonyl (C=O) groups excluding carboxylic acids is 1. The molecule has 0 heterocycles. The van der Waals surface area contributed by atoms with E-state index in [0.29, 0.717) is 0 Å². The van der Waals surface area contributed by atoms with Crippen molar-refractivity contribution in [2.75, 3.05) is 38.0 Å². The maximum atomic E-state index is 11.3. The molecule has 2 N–H and O–H groups in total. The molecule has 0 aliphatic heterocycles. The summed E-state index contributed by atoms with van der Waals surface area (Å²) >= 11 is 0. The Labute approximate surface area is 136 Å². The van der Waals surface area contributed by atoms with Crippen LogP contribution in [0.15, 0.2) is 35.9 Å². The minimum Gasteiger partial charge on any atom is -0.377 e. The van der Waals surface area contributed by atoms with Gasteiger partial charge in [0.05, 0.1) is 0 Å². The summed E-state index contributed by atoms with van der Waals surface area (Å²) in [6.45, 7) is 0. The Bertz CT molecular complexity index is 815. The van der Waals surface area contributed by atoms with Gasteiger partial charge in [-0.3, -0.25) is 4.79 Å². The van der Waals surface area contributed by atoms with Crippen LogP contribution in [0.4, 0.5) is 11.4 Å². The highest BCUT2D eigenvalue weighted by Crippen LogP contribution is 2.36. The van der Waals surface area contributed by atoms with Gasteiger partial charge in [0.1, 0.15) is 11.6 Å². The molecule has 2 aromatic carbocycles. The Hall–Kier alpha value is -3.00. The summed E-state index contributed by atoms with van der Waals surface area (Å²) in [6.07, 6.45) is 1.55. The van der Waals surface area contributed by atoms with Gasteiger partial charge in [0, 0.05) is 45.0 Å². The van der Waals surface area contributed by atoms with Gasteiger partial charge < -0.3 is 15.5 Å². The van der Waals surface area contributed by atoms with E-state index in [1.165, 1.54) is 0 Å². The van der Waals surface area contributed by atoms with Crippen molar-refractivity contribution in [1.82, 2.24) is 0 Å². The van der Waals surface area contributed by atoms with E-state index in [9.17, 15) is 4.79 Å². The van der Waals surface area contributed by atoms with Crippen LogP contribution >= 0.6 is 0 Å². The Kier molecular flexibility index (Phi) is 4.56. The number of primary amides is 1. The van der Waals surface area contributed by atoms with Gasteiger partial charge in [-0.25, -0.2) is 0 Å². The van der Waals surface area contributed by atoms with E-state index < -0.39 is 5.91 Å². The highest BCUT2D eigenvalue weighted by atomic mass is 16.1. The average molecular weight is 308 g/mol. The summed E-state index contributed by atoms with van der Waals surface area (Å²) in [5.41, 5.74) is 8.13. The van der Waals surface area contributed by atoms with Crippen LogP contribution in [-0.2, 0) is 4.79 Å². The van der Waals surface area contributed by atoms with Crippen LogP contribution in [0.3, 0.4) is 0 Å². The second kappa shape index (κ2) is 6.41. The van der Waals surface area contributed by atoms with Crippen molar-refractivity contribution >= 4 is 34.1 Å². The van der Waals surface area contributed by atoms with E-state index in [2.05, 4.69) is 0 Å². The Morgan fingerprint density at radius 1 is 1.09 bits per heavy atom. The predicted octanol–water partition coefficient (Wildman–Crippen LogP) is 2.36. The van der Waals surface area contributed by atoms with Gasteiger partial charge in [0.25, 0.3) is 5.91 Å². The lowest BCUT2D eigenvalue weighted by Gasteiger charge is -2.22. The fourth-order valence-electron chi connectivity index (χ4n) is 2.58. The van der Waals surface area contributed by atoms with Crippen molar-refractivity contribution < 1.29 is 4.79 Å². The number of nitriles is 1. The topological polar surface area (TPSA) is 73.4 Å². The third-order valence-corrected chi connectivity index (χ3v) is 3.68. The number of fused-ring (bicyclic) bond motifs is 1. The van der Waals surface area contributed by atoms with E-state index in [-0.39, 0.29) is 5.57 Å². The zero-order valence-electron chi connectivity index (χ0n) is 13.8. The average Bonchev–Trinajstić information content (AvgIpc) is 2.50. The third kappa shape index (κ3) is 3.11. The summed E-state index contributed by atoms with van der Waals surface area (Å²) in [4.78, 5) is 15.4. The van der Waals surface area contributed by atoms with E-state index in [1.54, 1.807) is 6.08 Å². The number of hydrogen-bond donors (Lipinski definition) is 1. The van der Waals surface area contributed by atoms with Crippen LogP contribution in [0.1, 0.15) is 5.56 Å². The Morgan fingerprint density at radius 2 is 1.70 bits per heavy atom. The first-order valence-corrected chi connectivity index (χ1v) is 7.18. The number of benzene rings is 2. The van der Waals surface area contributed by atoms with Gasteiger partial charge >= 0.3 is 0 Å². The van der Waals surface area contributed by atoms with Crippen molar-refractivity contribution in [3.05, 3.63) is 41.5 Å². The molecule has 0 atom stereocenters. The molecule has 0 bridgehead atoms. The van der Waals surface area contributed by atoms with Crippen molar-refractivity contribution in [2.24, 2.45) is 5.73 Å². The second-order valence-corrected chi connectivity index (χ2v) is 5.70. The molecule has 2 rings (SSSR count). The van der Waals surface area contributed by atoms with E-state index in [0.717, 1.165) is 27.7 Å². The van der Waals surface area contributed by atoms with Crippen molar-refractivity contribution in [3.63, 3.8) is 0 Å². The summed E-state index contributed by atoms with van der Waals surface area (Å²) in [6, 6.07) is 11.7. The smallest absolute Gasteiger partial charge is 0.259 e. The Balaban J connectivity index is 2.86. The lowest BCUT2D eigenvalue weighted by atomic mass is 9.98. The minimum absolute atomic E-state index is 0.0563. The molecular formula is C18H20N4O. The summed E-state index contributed by atoms with van der Waals surface area (Å²) in [7, 11) is 7.95. The van der Waals surface area contributed by atoms with Crippen LogP contribution < -0.4 is 15.5 Å². The molecule has 0 unspecified atom stereocenters. The van der Waals surface area contributed by atoms with Gasteiger partial charge in [-0.2, -0.15) is 5.26 Å². The summed E-state index contributed by atoms with van der Waals surface area (Å²) in [5, 5.41) is 11.1. The molecule has 0 radical (unpaired) electrons. The molecule has 0 spiro atoms. The van der Waals surface area contributed by atoms with Gasteiger partial charge in [-0.05, 0) is 29.2 Å². The molecule has 0 saturated carbocycles. The molecule has 1 amide bonds. The molecule has 5 nitrogen and oxygen atoms in total. The van der Waals surface area contributed by atoms with Crippen LogP contribution in [0, 0.1) is 11.3 Å². The van der Waals surface area contributed by atoms with E-state index in [4.69, 9.17) is 11.0 Å². The first-order chi connectivity index (χ1) is 10.9. The fraction of sp³-hybridized carbons (Fsp3) is 0.222.